The number of aromatic hydroxyl groups is 1. The summed E-state index contributed by atoms with van der Waals surface area (Å²) in [7, 11) is 0. The van der Waals surface area contributed by atoms with E-state index in [1.54, 1.807) is 18.2 Å². The highest BCUT2D eigenvalue weighted by Crippen LogP contribution is 2.58. The second-order valence-electron chi connectivity index (χ2n) is 13.3. The van der Waals surface area contributed by atoms with E-state index < -0.39 is 47.4 Å². The Morgan fingerprint density at radius 1 is 0.660 bits per heavy atom. The molecule has 2 aromatic carbocycles. The van der Waals surface area contributed by atoms with E-state index in [1.807, 2.05) is 24.3 Å². The summed E-state index contributed by atoms with van der Waals surface area (Å²) >= 11 is 0. The third kappa shape index (κ3) is 5.92. The largest absolute Gasteiger partial charge is 0.507 e. The van der Waals surface area contributed by atoms with Crippen LogP contribution in [-0.2, 0) is 28.8 Å². The zero-order chi connectivity index (χ0) is 33.4. The van der Waals surface area contributed by atoms with Gasteiger partial charge in [-0.05, 0) is 61.5 Å². The molecule has 6 rings (SSSR count). The van der Waals surface area contributed by atoms with E-state index in [0.717, 1.165) is 16.5 Å². The van der Waals surface area contributed by atoms with Crippen molar-refractivity contribution in [3.05, 3.63) is 53.6 Å². The summed E-state index contributed by atoms with van der Waals surface area (Å²) in [5, 5.41) is 29.9. The Bertz CT molecular complexity index is 1660. The van der Waals surface area contributed by atoms with Crippen molar-refractivity contribution in [3.63, 3.8) is 0 Å². The van der Waals surface area contributed by atoms with Crippen molar-refractivity contribution < 1.29 is 44.1 Å². The van der Waals surface area contributed by atoms with Crippen LogP contribution in [-0.4, -0.2) is 73.8 Å². The van der Waals surface area contributed by atoms with E-state index in [2.05, 4.69) is 0 Å². The Labute approximate surface area is 272 Å². The number of allylic oxidation sites excluding steroid dienone is 2. The number of nitrogens with zero attached hydrogens (tertiary/aromatic N) is 2. The molecule has 2 aliphatic heterocycles. The number of unbranched alkanes of at least 4 members (excludes halogenated alkanes) is 4. The number of benzene rings is 2. The average molecular weight is 645 g/mol. The Kier molecular flexibility index (Phi) is 9.16. The van der Waals surface area contributed by atoms with Gasteiger partial charge in [0, 0.05) is 37.2 Å². The van der Waals surface area contributed by atoms with Crippen LogP contribution in [0.1, 0.15) is 75.7 Å². The highest BCUT2D eigenvalue weighted by molar-refractivity contribution is 6.08. The third-order valence-electron chi connectivity index (χ3n) is 10.6. The lowest BCUT2D eigenvalue weighted by atomic mass is 9.57. The lowest BCUT2D eigenvalue weighted by molar-refractivity contribution is -0.142. The fourth-order valence-corrected chi connectivity index (χ4v) is 8.53. The van der Waals surface area contributed by atoms with Crippen LogP contribution in [0.15, 0.2) is 48.0 Å². The Balaban J connectivity index is 1.32. The van der Waals surface area contributed by atoms with E-state index in [-0.39, 0.29) is 61.7 Å². The minimum Gasteiger partial charge on any atom is -0.507 e. The Hall–Kier alpha value is -4.54. The van der Waals surface area contributed by atoms with Crippen molar-refractivity contribution in [3.8, 4) is 5.75 Å². The zero-order valence-electron chi connectivity index (χ0n) is 26.2. The first-order valence-electron chi connectivity index (χ1n) is 16.6. The predicted molar refractivity (Wildman–Crippen MR) is 169 cm³/mol. The van der Waals surface area contributed by atoms with E-state index in [1.165, 1.54) is 9.80 Å². The van der Waals surface area contributed by atoms with Crippen molar-refractivity contribution in [2.24, 2.45) is 29.6 Å². The van der Waals surface area contributed by atoms with Gasteiger partial charge in [-0.3, -0.25) is 38.6 Å². The van der Waals surface area contributed by atoms with Crippen LogP contribution < -0.4 is 0 Å². The van der Waals surface area contributed by atoms with Gasteiger partial charge in [-0.25, -0.2) is 0 Å². The fourth-order valence-electron chi connectivity index (χ4n) is 8.53. The van der Waals surface area contributed by atoms with Crippen LogP contribution in [0.25, 0.3) is 10.8 Å². The van der Waals surface area contributed by atoms with Gasteiger partial charge in [-0.1, -0.05) is 54.8 Å². The maximum absolute atomic E-state index is 14.2. The Morgan fingerprint density at radius 3 is 1.85 bits per heavy atom. The highest BCUT2D eigenvalue weighted by Gasteiger charge is 2.61. The van der Waals surface area contributed by atoms with Gasteiger partial charge in [-0.15, -0.1) is 0 Å². The fraction of sp³-hybridized carbons (Fsp3) is 0.500. The number of hydrogen-bond donors (Lipinski definition) is 3. The highest BCUT2D eigenvalue weighted by atomic mass is 16.4. The van der Waals surface area contributed by atoms with E-state index in [9.17, 15) is 33.9 Å². The molecule has 1 saturated carbocycles. The normalized spacial score (nSPS) is 26.8. The molecule has 4 aliphatic rings. The molecule has 6 atom stereocenters. The second-order valence-corrected chi connectivity index (χ2v) is 13.3. The first-order valence-corrected chi connectivity index (χ1v) is 16.6. The maximum atomic E-state index is 14.2. The first-order chi connectivity index (χ1) is 22.6. The molecular weight excluding hydrogens is 604 g/mol. The lowest BCUT2D eigenvalue weighted by Crippen LogP contribution is -2.43. The van der Waals surface area contributed by atoms with Crippen molar-refractivity contribution in [1.82, 2.24) is 9.80 Å². The summed E-state index contributed by atoms with van der Waals surface area (Å²) in [6.07, 6.45) is 5.72. The molecule has 3 N–H and O–H groups in total. The number of carbonyl (C=O) groups is 6. The number of carboxylic acid groups (broad SMARTS) is 2. The van der Waals surface area contributed by atoms with Gasteiger partial charge >= 0.3 is 11.9 Å². The number of phenols is 1. The van der Waals surface area contributed by atoms with Gasteiger partial charge in [-0.2, -0.15) is 0 Å². The third-order valence-corrected chi connectivity index (χ3v) is 10.6. The standard InChI is InChI=1S/C36H40N2O9/c39-27-16-15-22(20-9-5-6-10-21(20)27)30-23-13-14-24-31(35(46)37(33(24)44)17-7-1-3-11-28(40)41)25(23)19-26-32(30)36(47)38(34(26)45)18-8-2-4-12-29(42)43/h5-6,9-10,13,15-16,24-26,30-32,39H,1-4,7-8,11-12,14,17-19H2,(H,40,41)(H,42,43)/t24-,25+,26+,30-,31-,32+/m0/s1. The van der Waals surface area contributed by atoms with Crippen LogP contribution >= 0.6 is 0 Å². The summed E-state index contributed by atoms with van der Waals surface area (Å²) in [5.41, 5.74) is 1.68. The molecule has 2 heterocycles. The number of rotatable bonds is 13. The molecule has 2 aliphatic carbocycles. The summed E-state index contributed by atoms with van der Waals surface area (Å²) < 4.78 is 0. The molecule has 11 nitrogen and oxygen atoms in total. The number of likely N-dealkylation sites (tertiary alicyclic amines) is 2. The van der Waals surface area contributed by atoms with Crippen molar-refractivity contribution in [2.75, 3.05) is 13.1 Å². The molecule has 2 aromatic rings. The number of amides is 4. The van der Waals surface area contributed by atoms with E-state index >= 15 is 0 Å². The van der Waals surface area contributed by atoms with Gasteiger partial charge in [0.25, 0.3) is 0 Å². The van der Waals surface area contributed by atoms with E-state index in [4.69, 9.17) is 10.2 Å². The minimum absolute atomic E-state index is 0.0215. The molecule has 0 radical (unpaired) electrons. The molecular formula is C36H40N2O9. The molecule has 11 heteroatoms. The van der Waals surface area contributed by atoms with Gasteiger partial charge in [0.1, 0.15) is 5.75 Å². The molecule has 0 aromatic heterocycles. The molecule has 47 heavy (non-hydrogen) atoms. The molecule has 0 spiro atoms. The second kappa shape index (κ2) is 13.3. The number of carbonyl (C=O) groups excluding carboxylic acids is 4. The van der Waals surface area contributed by atoms with Gasteiger partial charge in [0.05, 0.1) is 23.7 Å². The molecule has 0 unspecified atom stereocenters. The number of carboxylic acids is 2. The smallest absolute Gasteiger partial charge is 0.303 e. The first kappa shape index (κ1) is 32.4. The van der Waals surface area contributed by atoms with Gasteiger partial charge in [0.15, 0.2) is 0 Å². The molecule has 4 amide bonds. The number of phenolic OH excluding ortho intramolecular Hbond substituents is 1. The molecule has 0 bridgehead atoms. The Morgan fingerprint density at radius 2 is 1.23 bits per heavy atom. The SMILES string of the molecule is O=C(O)CCCCCN1C(=O)[C@H]2[C@H](CC=C3[C@H]2C[C@H]2C(=O)N(CCCCCC(=O)O)C(=O)[C@H]2[C@H]3c2ccc(O)c3ccccc23)C1=O. The topological polar surface area (TPSA) is 170 Å². The van der Waals surface area contributed by atoms with Crippen LogP contribution in [0.2, 0.25) is 0 Å². The summed E-state index contributed by atoms with van der Waals surface area (Å²) in [4.78, 5) is 80.1. The van der Waals surface area contributed by atoms with Crippen LogP contribution in [0.4, 0.5) is 0 Å². The summed E-state index contributed by atoms with van der Waals surface area (Å²) in [6.45, 7) is 0.410. The van der Waals surface area contributed by atoms with Crippen LogP contribution in [0, 0.1) is 29.6 Å². The van der Waals surface area contributed by atoms with Crippen molar-refractivity contribution >= 4 is 46.3 Å². The van der Waals surface area contributed by atoms with Crippen molar-refractivity contribution in [2.45, 2.75) is 70.1 Å². The van der Waals surface area contributed by atoms with E-state index in [0.29, 0.717) is 50.3 Å². The van der Waals surface area contributed by atoms with Gasteiger partial charge < -0.3 is 15.3 Å². The van der Waals surface area contributed by atoms with Crippen LogP contribution in [0.3, 0.4) is 0 Å². The molecule has 248 valence electrons. The summed E-state index contributed by atoms with van der Waals surface area (Å²) in [5.74, 6) is -6.31. The zero-order valence-corrected chi connectivity index (χ0v) is 26.2. The number of hydrogen-bond acceptors (Lipinski definition) is 7. The van der Waals surface area contributed by atoms with Gasteiger partial charge in [0.2, 0.25) is 23.6 Å². The number of imide groups is 2. The van der Waals surface area contributed by atoms with Crippen molar-refractivity contribution in [1.29, 1.82) is 0 Å². The number of aliphatic carboxylic acids is 2. The molecule has 3 fully saturated rings. The lowest BCUT2D eigenvalue weighted by Gasteiger charge is -2.44. The summed E-state index contributed by atoms with van der Waals surface area (Å²) in [6, 6.07) is 10.8. The number of fused-ring (bicyclic) bond motifs is 5. The minimum atomic E-state index is -0.890. The molecule has 2 saturated heterocycles. The maximum Gasteiger partial charge on any atom is 0.303 e. The average Bonchev–Trinajstić information content (AvgIpc) is 3.43. The van der Waals surface area contributed by atoms with Crippen LogP contribution in [0.5, 0.6) is 5.75 Å². The monoisotopic (exact) mass is 644 g/mol. The predicted octanol–water partition coefficient (Wildman–Crippen LogP) is 4.47. The quantitative estimate of drug-likeness (QED) is 0.162.